The molecular formula is C18H23N3O. The molecule has 4 heteroatoms. The van der Waals surface area contributed by atoms with Crippen molar-refractivity contribution in [2.45, 2.75) is 13.3 Å². The largest absolute Gasteiger partial charge is 0.385 e. The van der Waals surface area contributed by atoms with E-state index in [1.54, 1.807) is 0 Å². The van der Waals surface area contributed by atoms with E-state index in [4.69, 9.17) is 0 Å². The van der Waals surface area contributed by atoms with Gasteiger partial charge in [-0.15, -0.1) is 0 Å². The molecule has 22 heavy (non-hydrogen) atoms. The van der Waals surface area contributed by atoms with Crippen molar-refractivity contribution in [1.82, 2.24) is 0 Å². The van der Waals surface area contributed by atoms with Gasteiger partial charge < -0.3 is 15.5 Å². The molecule has 2 aromatic rings. The Morgan fingerprint density at radius 2 is 1.73 bits per heavy atom. The van der Waals surface area contributed by atoms with Crippen LogP contribution in [-0.2, 0) is 4.79 Å². The van der Waals surface area contributed by atoms with Crippen LogP contribution in [0.25, 0.3) is 0 Å². The van der Waals surface area contributed by atoms with Gasteiger partial charge in [0.15, 0.2) is 0 Å². The van der Waals surface area contributed by atoms with Crippen molar-refractivity contribution < 1.29 is 4.79 Å². The number of carbonyl (C=O) groups excluding carboxylic acids is 1. The van der Waals surface area contributed by atoms with Gasteiger partial charge in [0.1, 0.15) is 0 Å². The molecule has 0 bridgehead atoms. The van der Waals surface area contributed by atoms with Crippen LogP contribution in [0, 0.1) is 6.92 Å². The van der Waals surface area contributed by atoms with E-state index in [1.165, 1.54) is 0 Å². The Balaban J connectivity index is 1.78. The Labute approximate surface area is 132 Å². The van der Waals surface area contributed by atoms with Crippen LogP contribution in [0.1, 0.15) is 12.0 Å². The van der Waals surface area contributed by atoms with Crippen molar-refractivity contribution in [1.29, 1.82) is 0 Å². The quantitative estimate of drug-likeness (QED) is 0.857. The number of hydrogen-bond donors (Lipinski definition) is 2. The zero-order valence-corrected chi connectivity index (χ0v) is 13.4. The number of anilines is 3. The average Bonchev–Trinajstić information content (AvgIpc) is 2.50. The molecule has 0 spiro atoms. The van der Waals surface area contributed by atoms with Crippen LogP contribution in [0.15, 0.2) is 48.5 Å². The van der Waals surface area contributed by atoms with Gasteiger partial charge >= 0.3 is 0 Å². The number of carbonyl (C=O) groups is 1. The molecule has 0 aliphatic heterocycles. The van der Waals surface area contributed by atoms with Crippen LogP contribution in [0.4, 0.5) is 17.1 Å². The number of para-hydroxylation sites is 1. The number of amides is 1. The first-order chi connectivity index (χ1) is 10.6. The smallest absolute Gasteiger partial charge is 0.226 e. The standard InChI is InChI=1S/C18H23N3O/c1-14-6-4-5-7-17(14)20-18(22)12-13-19-15-8-10-16(11-9-15)21(2)3/h4-11,19H,12-13H2,1-3H3,(H,20,22). The third-order valence-corrected chi connectivity index (χ3v) is 3.48. The highest BCUT2D eigenvalue weighted by Crippen LogP contribution is 2.16. The summed E-state index contributed by atoms with van der Waals surface area (Å²) in [6.45, 7) is 2.60. The fourth-order valence-electron chi connectivity index (χ4n) is 2.12. The molecule has 0 heterocycles. The molecule has 0 unspecified atom stereocenters. The summed E-state index contributed by atoms with van der Waals surface area (Å²) in [4.78, 5) is 14.0. The van der Waals surface area contributed by atoms with Gasteiger partial charge in [-0.05, 0) is 42.8 Å². The third-order valence-electron chi connectivity index (χ3n) is 3.48. The van der Waals surface area contributed by atoms with Crippen LogP contribution < -0.4 is 15.5 Å². The Hall–Kier alpha value is -2.49. The van der Waals surface area contributed by atoms with Gasteiger partial charge in [-0.1, -0.05) is 18.2 Å². The van der Waals surface area contributed by atoms with Gasteiger partial charge in [-0.2, -0.15) is 0 Å². The van der Waals surface area contributed by atoms with Crippen molar-refractivity contribution in [3.63, 3.8) is 0 Å². The molecule has 0 aliphatic carbocycles. The molecule has 1 amide bonds. The van der Waals surface area contributed by atoms with Gasteiger partial charge in [-0.3, -0.25) is 4.79 Å². The Bertz CT molecular complexity index is 620. The van der Waals surface area contributed by atoms with Crippen molar-refractivity contribution >= 4 is 23.0 Å². The summed E-state index contributed by atoms with van der Waals surface area (Å²) in [5.74, 6) is 0.0201. The summed E-state index contributed by atoms with van der Waals surface area (Å²) in [6.07, 6.45) is 0.434. The van der Waals surface area contributed by atoms with Gasteiger partial charge in [0.25, 0.3) is 0 Å². The number of nitrogens with zero attached hydrogens (tertiary/aromatic N) is 1. The van der Waals surface area contributed by atoms with E-state index in [0.717, 1.165) is 22.6 Å². The molecule has 4 nitrogen and oxygen atoms in total. The molecule has 0 aliphatic rings. The average molecular weight is 297 g/mol. The topological polar surface area (TPSA) is 44.4 Å². The lowest BCUT2D eigenvalue weighted by Gasteiger charge is -2.13. The maximum atomic E-state index is 11.9. The summed E-state index contributed by atoms with van der Waals surface area (Å²) in [5, 5.41) is 6.20. The van der Waals surface area contributed by atoms with Crippen LogP contribution in [-0.4, -0.2) is 26.5 Å². The first kappa shape index (κ1) is 15.9. The molecule has 0 aromatic heterocycles. The fraction of sp³-hybridized carbons (Fsp3) is 0.278. The molecule has 0 fully saturated rings. The third kappa shape index (κ3) is 4.52. The summed E-state index contributed by atoms with van der Waals surface area (Å²) < 4.78 is 0. The van der Waals surface area contributed by atoms with Gasteiger partial charge in [0.05, 0.1) is 0 Å². The lowest BCUT2D eigenvalue weighted by Crippen LogP contribution is -2.16. The second kappa shape index (κ2) is 7.50. The fourth-order valence-corrected chi connectivity index (χ4v) is 2.12. The predicted molar refractivity (Wildman–Crippen MR) is 93.7 cm³/mol. The first-order valence-corrected chi connectivity index (χ1v) is 7.43. The summed E-state index contributed by atoms with van der Waals surface area (Å²) in [6, 6.07) is 15.9. The van der Waals surface area contributed by atoms with Crippen molar-refractivity contribution in [3.05, 3.63) is 54.1 Å². The van der Waals surface area contributed by atoms with Crippen molar-refractivity contribution in [2.24, 2.45) is 0 Å². The highest BCUT2D eigenvalue weighted by molar-refractivity contribution is 5.91. The molecule has 2 aromatic carbocycles. The monoisotopic (exact) mass is 297 g/mol. The Morgan fingerprint density at radius 3 is 2.36 bits per heavy atom. The Morgan fingerprint density at radius 1 is 1.05 bits per heavy atom. The van der Waals surface area contributed by atoms with Gasteiger partial charge in [-0.25, -0.2) is 0 Å². The normalized spacial score (nSPS) is 10.1. The molecule has 2 rings (SSSR count). The maximum Gasteiger partial charge on any atom is 0.226 e. The summed E-state index contributed by atoms with van der Waals surface area (Å²) in [7, 11) is 4.02. The lowest BCUT2D eigenvalue weighted by molar-refractivity contribution is -0.115. The van der Waals surface area contributed by atoms with E-state index < -0.39 is 0 Å². The Kier molecular flexibility index (Phi) is 5.42. The van der Waals surface area contributed by atoms with E-state index in [-0.39, 0.29) is 5.91 Å². The van der Waals surface area contributed by atoms with E-state index in [0.29, 0.717) is 13.0 Å². The van der Waals surface area contributed by atoms with Gasteiger partial charge in [0, 0.05) is 44.1 Å². The van der Waals surface area contributed by atoms with Crippen LogP contribution in [0.3, 0.4) is 0 Å². The molecule has 0 radical (unpaired) electrons. The number of aryl methyl sites for hydroxylation is 1. The second-order valence-electron chi connectivity index (χ2n) is 5.48. The molecule has 0 saturated carbocycles. The maximum absolute atomic E-state index is 11.9. The van der Waals surface area contributed by atoms with Gasteiger partial charge in [0.2, 0.25) is 5.91 Å². The van der Waals surface area contributed by atoms with E-state index in [1.807, 2.05) is 57.4 Å². The molecular weight excluding hydrogens is 274 g/mol. The second-order valence-corrected chi connectivity index (χ2v) is 5.48. The lowest BCUT2D eigenvalue weighted by atomic mass is 10.2. The number of rotatable bonds is 6. The molecule has 0 atom stereocenters. The molecule has 2 N–H and O–H groups in total. The van der Waals surface area contributed by atoms with Crippen molar-refractivity contribution in [3.8, 4) is 0 Å². The first-order valence-electron chi connectivity index (χ1n) is 7.43. The molecule has 116 valence electrons. The minimum absolute atomic E-state index is 0.0201. The summed E-state index contributed by atoms with van der Waals surface area (Å²) in [5.41, 5.74) is 4.13. The predicted octanol–water partition coefficient (Wildman–Crippen LogP) is 3.50. The summed E-state index contributed by atoms with van der Waals surface area (Å²) >= 11 is 0. The highest BCUT2D eigenvalue weighted by atomic mass is 16.1. The molecule has 0 saturated heterocycles. The van der Waals surface area contributed by atoms with Crippen LogP contribution in [0.5, 0.6) is 0 Å². The van der Waals surface area contributed by atoms with E-state index in [2.05, 4.69) is 27.7 Å². The van der Waals surface area contributed by atoms with Crippen molar-refractivity contribution in [2.75, 3.05) is 36.2 Å². The van der Waals surface area contributed by atoms with Crippen LogP contribution in [0.2, 0.25) is 0 Å². The minimum atomic E-state index is 0.0201. The van der Waals surface area contributed by atoms with E-state index >= 15 is 0 Å². The number of nitrogens with one attached hydrogen (secondary N) is 2. The highest BCUT2D eigenvalue weighted by Gasteiger charge is 2.04. The number of benzene rings is 2. The van der Waals surface area contributed by atoms with E-state index in [9.17, 15) is 4.79 Å². The zero-order chi connectivity index (χ0) is 15.9. The van der Waals surface area contributed by atoms with Crippen LogP contribution >= 0.6 is 0 Å². The minimum Gasteiger partial charge on any atom is -0.385 e. The SMILES string of the molecule is Cc1ccccc1NC(=O)CCNc1ccc(N(C)C)cc1. The zero-order valence-electron chi connectivity index (χ0n) is 13.4. The number of hydrogen-bond acceptors (Lipinski definition) is 3.